The van der Waals surface area contributed by atoms with Gasteiger partial charge in [-0.1, -0.05) is 0 Å². The van der Waals surface area contributed by atoms with Gasteiger partial charge in [-0.05, 0) is 18.6 Å². The number of nitrogens with zero attached hydrogens (tertiary/aromatic N) is 2. The van der Waals surface area contributed by atoms with Gasteiger partial charge in [0.05, 0.1) is 6.26 Å². The fourth-order valence-electron chi connectivity index (χ4n) is 2.87. The molecule has 2 heterocycles. The molecule has 7 heteroatoms. The third-order valence-electron chi connectivity index (χ3n) is 4.06. The molecule has 2 N–H and O–H groups in total. The SMILES string of the molecule is CS(=O)(=O)N1CCN(C2(CN)CCCSC2)CC1. The number of thioether (sulfide) groups is 1. The standard InChI is InChI=1S/C11H23N3O2S2/c1-18(15,16)14-6-4-13(5-7-14)11(9-12)3-2-8-17-10-11/h2-10,12H2,1H3. The minimum Gasteiger partial charge on any atom is -0.329 e. The highest BCUT2D eigenvalue weighted by atomic mass is 32.2. The zero-order chi connectivity index (χ0) is 13.2. The molecule has 2 aliphatic heterocycles. The van der Waals surface area contributed by atoms with E-state index in [-0.39, 0.29) is 5.54 Å². The first-order valence-corrected chi connectivity index (χ1v) is 9.46. The van der Waals surface area contributed by atoms with Crippen molar-refractivity contribution in [2.24, 2.45) is 5.73 Å². The first-order valence-electron chi connectivity index (χ1n) is 6.46. The maximum Gasteiger partial charge on any atom is 0.211 e. The van der Waals surface area contributed by atoms with Crippen LogP contribution in [-0.2, 0) is 10.0 Å². The minimum atomic E-state index is -3.04. The zero-order valence-corrected chi connectivity index (χ0v) is 12.6. The van der Waals surface area contributed by atoms with Crippen molar-refractivity contribution >= 4 is 21.8 Å². The summed E-state index contributed by atoms with van der Waals surface area (Å²) in [5.41, 5.74) is 6.11. The van der Waals surface area contributed by atoms with Gasteiger partial charge in [0, 0.05) is 44.0 Å². The van der Waals surface area contributed by atoms with Crippen molar-refractivity contribution in [3.63, 3.8) is 0 Å². The van der Waals surface area contributed by atoms with Crippen LogP contribution in [0.2, 0.25) is 0 Å². The number of nitrogens with two attached hydrogens (primary N) is 1. The van der Waals surface area contributed by atoms with Crippen LogP contribution in [0, 0.1) is 0 Å². The molecule has 1 unspecified atom stereocenters. The van der Waals surface area contributed by atoms with Crippen LogP contribution in [-0.4, -0.2) is 73.6 Å². The molecule has 2 aliphatic rings. The van der Waals surface area contributed by atoms with E-state index in [1.54, 1.807) is 4.31 Å². The van der Waals surface area contributed by atoms with Gasteiger partial charge in [-0.15, -0.1) is 0 Å². The molecule has 18 heavy (non-hydrogen) atoms. The fourth-order valence-corrected chi connectivity index (χ4v) is 5.02. The Kier molecular flexibility index (Phi) is 4.59. The van der Waals surface area contributed by atoms with E-state index in [1.807, 2.05) is 11.8 Å². The third-order valence-corrected chi connectivity index (χ3v) is 6.68. The van der Waals surface area contributed by atoms with Crippen LogP contribution in [0.1, 0.15) is 12.8 Å². The average Bonchev–Trinajstić information content (AvgIpc) is 2.39. The van der Waals surface area contributed by atoms with E-state index in [0.29, 0.717) is 19.6 Å². The summed E-state index contributed by atoms with van der Waals surface area (Å²) < 4.78 is 24.6. The molecule has 2 rings (SSSR count). The largest absolute Gasteiger partial charge is 0.329 e. The van der Waals surface area contributed by atoms with Crippen molar-refractivity contribution in [3.8, 4) is 0 Å². The van der Waals surface area contributed by atoms with Gasteiger partial charge in [0.1, 0.15) is 0 Å². The summed E-state index contributed by atoms with van der Waals surface area (Å²) in [4.78, 5) is 2.42. The number of hydrogen-bond acceptors (Lipinski definition) is 5. The lowest BCUT2D eigenvalue weighted by Crippen LogP contribution is -2.62. The van der Waals surface area contributed by atoms with Crippen LogP contribution in [0.15, 0.2) is 0 Å². The second-order valence-corrected chi connectivity index (χ2v) is 8.32. The van der Waals surface area contributed by atoms with Gasteiger partial charge in [0.15, 0.2) is 0 Å². The predicted molar refractivity (Wildman–Crippen MR) is 76.3 cm³/mol. The number of sulfonamides is 1. The summed E-state index contributed by atoms with van der Waals surface area (Å²) in [7, 11) is -3.04. The molecule has 2 fully saturated rings. The number of piperazine rings is 1. The molecule has 0 radical (unpaired) electrons. The average molecular weight is 293 g/mol. The summed E-state index contributed by atoms with van der Waals surface area (Å²) in [5, 5.41) is 0. The fraction of sp³-hybridized carbons (Fsp3) is 1.00. The summed E-state index contributed by atoms with van der Waals surface area (Å²) in [6.45, 7) is 3.50. The molecule has 1 atom stereocenters. The predicted octanol–water partition coefficient (Wildman–Crippen LogP) is -0.212. The summed E-state index contributed by atoms with van der Waals surface area (Å²) in [5.74, 6) is 2.31. The van der Waals surface area contributed by atoms with Gasteiger partial charge in [-0.25, -0.2) is 8.42 Å². The van der Waals surface area contributed by atoms with Gasteiger partial charge in [0.25, 0.3) is 0 Å². The molecule has 0 bridgehead atoms. The van der Waals surface area contributed by atoms with Crippen molar-refractivity contribution in [1.82, 2.24) is 9.21 Å². The molecule has 5 nitrogen and oxygen atoms in total. The Balaban J connectivity index is 1.99. The van der Waals surface area contributed by atoms with Gasteiger partial charge in [0.2, 0.25) is 10.0 Å². The van der Waals surface area contributed by atoms with Crippen LogP contribution in [0.5, 0.6) is 0 Å². The van der Waals surface area contributed by atoms with E-state index in [2.05, 4.69) is 4.90 Å². The molecule has 2 saturated heterocycles. The summed E-state index contributed by atoms with van der Waals surface area (Å²) >= 11 is 1.97. The van der Waals surface area contributed by atoms with E-state index in [0.717, 1.165) is 25.3 Å². The van der Waals surface area contributed by atoms with E-state index in [9.17, 15) is 8.42 Å². The first-order chi connectivity index (χ1) is 8.48. The van der Waals surface area contributed by atoms with Crippen molar-refractivity contribution in [1.29, 1.82) is 0 Å². The molecule has 106 valence electrons. The maximum atomic E-state index is 11.5. The van der Waals surface area contributed by atoms with E-state index < -0.39 is 10.0 Å². The Labute approximate surface area is 114 Å². The van der Waals surface area contributed by atoms with E-state index >= 15 is 0 Å². The molecule has 0 aliphatic carbocycles. The van der Waals surface area contributed by atoms with Crippen molar-refractivity contribution < 1.29 is 8.42 Å². The minimum absolute atomic E-state index is 0.104. The monoisotopic (exact) mass is 293 g/mol. The van der Waals surface area contributed by atoms with Crippen molar-refractivity contribution in [2.45, 2.75) is 18.4 Å². The van der Waals surface area contributed by atoms with E-state index in [1.165, 1.54) is 18.4 Å². The highest BCUT2D eigenvalue weighted by Crippen LogP contribution is 2.32. The number of rotatable bonds is 3. The first kappa shape index (κ1) is 14.6. The third kappa shape index (κ3) is 3.01. The van der Waals surface area contributed by atoms with Crippen LogP contribution in [0.25, 0.3) is 0 Å². The van der Waals surface area contributed by atoms with Crippen LogP contribution >= 0.6 is 11.8 Å². The molecular formula is C11H23N3O2S2. The second-order valence-electron chi connectivity index (χ2n) is 5.23. The van der Waals surface area contributed by atoms with E-state index in [4.69, 9.17) is 5.73 Å². The molecule has 0 aromatic carbocycles. The van der Waals surface area contributed by atoms with Crippen LogP contribution < -0.4 is 5.73 Å². The van der Waals surface area contributed by atoms with Gasteiger partial charge in [-0.2, -0.15) is 16.1 Å². The lowest BCUT2D eigenvalue weighted by atomic mass is 9.92. The number of hydrogen-bond donors (Lipinski definition) is 1. The van der Waals surface area contributed by atoms with Crippen molar-refractivity contribution in [2.75, 3.05) is 50.5 Å². The molecular weight excluding hydrogens is 270 g/mol. The highest BCUT2D eigenvalue weighted by Gasteiger charge is 2.39. The maximum absolute atomic E-state index is 11.5. The normalized spacial score (nSPS) is 32.6. The highest BCUT2D eigenvalue weighted by molar-refractivity contribution is 7.99. The Morgan fingerprint density at radius 2 is 1.94 bits per heavy atom. The summed E-state index contributed by atoms with van der Waals surface area (Å²) in [6, 6.07) is 0. The van der Waals surface area contributed by atoms with Crippen LogP contribution in [0.4, 0.5) is 0 Å². The lowest BCUT2D eigenvalue weighted by Gasteiger charge is -2.48. The topological polar surface area (TPSA) is 66.6 Å². The zero-order valence-electron chi connectivity index (χ0n) is 11.0. The smallest absolute Gasteiger partial charge is 0.211 e. The molecule has 0 spiro atoms. The quantitative estimate of drug-likeness (QED) is 0.780. The second kappa shape index (κ2) is 5.66. The van der Waals surface area contributed by atoms with Gasteiger partial charge < -0.3 is 5.73 Å². The van der Waals surface area contributed by atoms with Crippen molar-refractivity contribution in [3.05, 3.63) is 0 Å². The Morgan fingerprint density at radius 1 is 1.28 bits per heavy atom. The molecule has 0 aromatic heterocycles. The lowest BCUT2D eigenvalue weighted by molar-refractivity contribution is 0.0666. The Morgan fingerprint density at radius 3 is 2.39 bits per heavy atom. The Bertz CT molecular complexity index is 372. The van der Waals surface area contributed by atoms with Gasteiger partial charge in [-0.3, -0.25) is 4.90 Å². The van der Waals surface area contributed by atoms with Gasteiger partial charge >= 0.3 is 0 Å². The molecule has 0 aromatic rings. The molecule has 0 amide bonds. The molecule has 0 saturated carbocycles. The Hall–Kier alpha value is 0.180. The van der Waals surface area contributed by atoms with Crippen LogP contribution in [0.3, 0.4) is 0 Å². The summed E-state index contributed by atoms with van der Waals surface area (Å²) in [6.07, 6.45) is 3.65.